The van der Waals surface area contributed by atoms with Crippen LogP contribution in [0.4, 0.5) is 10.5 Å². The largest absolute Gasteiger partial charge is 0.497 e. The molecule has 0 bridgehead atoms. The average molecular weight is 382 g/mol. The molecular weight excluding hydrogens is 367 g/mol. The fourth-order valence-electron chi connectivity index (χ4n) is 1.67. The number of benzene rings is 2. The Labute approximate surface area is 131 Å². The maximum atomic E-state index is 11.8. The van der Waals surface area contributed by atoms with E-state index in [1.54, 1.807) is 7.11 Å². The van der Waals surface area contributed by atoms with Crippen LogP contribution in [0.3, 0.4) is 0 Å². The Hall–Kier alpha value is -1.76. The molecule has 20 heavy (non-hydrogen) atoms. The summed E-state index contributed by atoms with van der Waals surface area (Å²) in [5.74, 6) is 0.780. The zero-order valence-electron chi connectivity index (χ0n) is 11.0. The maximum absolute atomic E-state index is 11.8. The first-order valence-corrected chi connectivity index (χ1v) is 7.18. The van der Waals surface area contributed by atoms with Crippen LogP contribution in [-0.4, -0.2) is 13.1 Å². The Balaban J connectivity index is 1.87. The molecule has 0 fully saturated rings. The lowest BCUT2D eigenvalue weighted by atomic mass is 10.2. The van der Waals surface area contributed by atoms with Crippen LogP contribution in [0.2, 0.25) is 0 Å². The van der Waals surface area contributed by atoms with Gasteiger partial charge in [0.2, 0.25) is 0 Å². The van der Waals surface area contributed by atoms with Gasteiger partial charge in [-0.05, 0) is 64.6 Å². The van der Waals surface area contributed by atoms with Gasteiger partial charge in [0.05, 0.1) is 7.11 Å². The molecule has 0 saturated carbocycles. The second kappa shape index (κ2) is 7.14. The molecule has 0 aliphatic rings. The molecule has 4 nitrogen and oxygen atoms in total. The fraction of sp³-hybridized carbons (Fsp3) is 0.133. The summed E-state index contributed by atoms with van der Waals surface area (Å²) in [6, 6.07) is 15.0. The predicted octanol–water partition coefficient (Wildman–Crippen LogP) is 3.62. The first kappa shape index (κ1) is 14.6. The molecule has 2 amide bonds. The fourth-order valence-corrected chi connectivity index (χ4v) is 2.03. The minimum absolute atomic E-state index is 0.228. The third-order valence-electron chi connectivity index (χ3n) is 2.69. The van der Waals surface area contributed by atoms with Crippen molar-refractivity contribution >= 4 is 34.3 Å². The van der Waals surface area contributed by atoms with Crippen molar-refractivity contribution in [2.24, 2.45) is 0 Å². The smallest absolute Gasteiger partial charge is 0.319 e. The molecular formula is C15H15IN2O2. The highest BCUT2D eigenvalue weighted by atomic mass is 127. The molecule has 0 saturated heterocycles. The number of anilines is 1. The van der Waals surface area contributed by atoms with Crippen molar-refractivity contribution < 1.29 is 9.53 Å². The van der Waals surface area contributed by atoms with Crippen LogP contribution < -0.4 is 15.4 Å². The maximum Gasteiger partial charge on any atom is 0.319 e. The summed E-state index contributed by atoms with van der Waals surface area (Å²) >= 11 is 2.22. The van der Waals surface area contributed by atoms with E-state index >= 15 is 0 Å². The Morgan fingerprint density at radius 1 is 1.20 bits per heavy atom. The number of halogens is 1. The van der Waals surface area contributed by atoms with Crippen molar-refractivity contribution in [1.29, 1.82) is 0 Å². The van der Waals surface area contributed by atoms with Crippen LogP contribution in [0.15, 0.2) is 48.5 Å². The van der Waals surface area contributed by atoms with Gasteiger partial charge in [0, 0.05) is 15.8 Å². The summed E-state index contributed by atoms with van der Waals surface area (Å²) in [6.07, 6.45) is 0. The summed E-state index contributed by atoms with van der Waals surface area (Å²) in [4.78, 5) is 11.8. The third-order valence-corrected chi connectivity index (χ3v) is 3.41. The number of hydrogen-bond acceptors (Lipinski definition) is 2. The molecule has 2 aromatic carbocycles. The van der Waals surface area contributed by atoms with Gasteiger partial charge in [0.15, 0.2) is 0 Å². The summed E-state index contributed by atoms with van der Waals surface area (Å²) in [7, 11) is 1.62. The van der Waals surface area contributed by atoms with Gasteiger partial charge in [-0.15, -0.1) is 0 Å². The van der Waals surface area contributed by atoms with Crippen LogP contribution in [0, 0.1) is 3.57 Å². The van der Waals surface area contributed by atoms with Crippen molar-refractivity contribution in [2.45, 2.75) is 6.54 Å². The molecule has 0 atom stereocenters. The van der Waals surface area contributed by atoms with Gasteiger partial charge in [-0.2, -0.15) is 0 Å². The van der Waals surface area contributed by atoms with E-state index in [2.05, 4.69) is 33.2 Å². The number of hydrogen-bond donors (Lipinski definition) is 2. The van der Waals surface area contributed by atoms with Crippen LogP contribution in [0.1, 0.15) is 5.56 Å². The Bertz CT molecular complexity index is 585. The van der Waals surface area contributed by atoms with Gasteiger partial charge in [-0.3, -0.25) is 0 Å². The van der Waals surface area contributed by atoms with Crippen LogP contribution in [-0.2, 0) is 6.54 Å². The van der Waals surface area contributed by atoms with Crippen molar-refractivity contribution in [3.8, 4) is 5.75 Å². The molecule has 104 valence electrons. The van der Waals surface area contributed by atoms with E-state index in [0.29, 0.717) is 6.54 Å². The average Bonchev–Trinajstić information content (AvgIpc) is 2.48. The molecule has 0 radical (unpaired) electrons. The quantitative estimate of drug-likeness (QED) is 0.794. The predicted molar refractivity (Wildman–Crippen MR) is 88.0 cm³/mol. The van der Waals surface area contributed by atoms with E-state index in [9.17, 15) is 4.79 Å². The molecule has 0 unspecified atom stereocenters. The molecule has 5 heteroatoms. The number of urea groups is 1. The molecule has 0 aromatic heterocycles. The zero-order valence-corrected chi connectivity index (χ0v) is 13.2. The molecule has 2 aromatic rings. The SMILES string of the molecule is COc1cccc(CNC(=O)Nc2ccc(I)cc2)c1. The highest BCUT2D eigenvalue weighted by molar-refractivity contribution is 14.1. The van der Waals surface area contributed by atoms with E-state index in [1.807, 2.05) is 48.5 Å². The van der Waals surface area contributed by atoms with Gasteiger partial charge in [0.1, 0.15) is 5.75 Å². The van der Waals surface area contributed by atoms with Crippen molar-refractivity contribution in [3.63, 3.8) is 0 Å². The number of nitrogens with one attached hydrogen (secondary N) is 2. The Kier molecular flexibility index (Phi) is 5.23. The van der Waals surface area contributed by atoms with E-state index < -0.39 is 0 Å². The topological polar surface area (TPSA) is 50.4 Å². The van der Waals surface area contributed by atoms with Crippen molar-refractivity contribution in [2.75, 3.05) is 12.4 Å². The first-order chi connectivity index (χ1) is 9.67. The number of rotatable bonds is 4. The van der Waals surface area contributed by atoms with Gasteiger partial charge < -0.3 is 15.4 Å². The highest BCUT2D eigenvalue weighted by Crippen LogP contribution is 2.13. The standard InChI is InChI=1S/C15H15IN2O2/c1-20-14-4-2-3-11(9-14)10-17-15(19)18-13-7-5-12(16)6-8-13/h2-9H,10H2,1H3,(H2,17,18,19). The summed E-state index contributed by atoms with van der Waals surface area (Å²) in [6.45, 7) is 0.452. The Morgan fingerprint density at radius 2 is 1.95 bits per heavy atom. The van der Waals surface area contributed by atoms with Crippen LogP contribution in [0.25, 0.3) is 0 Å². The number of carbonyl (C=O) groups excluding carboxylic acids is 1. The van der Waals surface area contributed by atoms with Gasteiger partial charge in [-0.1, -0.05) is 12.1 Å². The number of ether oxygens (including phenoxy) is 1. The van der Waals surface area contributed by atoms with E-state index in [-0.39, 0.29) is 6.03 Å². The lowest BCUT2D eigenvalue weighted by Crippen LogP contribution is -2.28. The molecule has 0 heterocycles. The lowest BCUT2D eigenvalue weighted by Gasteiger charge is -2.08. The normalized spacial score (nSPS) is 9.90. The zero-order chi connectivity index (χ0) is 14.4. The van der Waals surface area contributed by atoms with E-state index in [0.717, 1.165) is 20.6 Å². The van der Waals surface area contributed by atoms with Crippen molar-refractivity contribution in [1.82, 2.24) is 5.32 Å². The lowest BCUT2D eigenvalue weighted by molar-refractivity contribution is 0.251. The highest BCUT2D eigenvalue weighted by Gasteiger charge is 2.02. The molecule has 2 N–H and O–H groups in total. The second-order valence-electron chi connectivity index (χ2n) is 4.17. The van der Waals surface area contributed by atoms with Crippen LogP contribution >= 0.6 is 22.6 Å². The van der Waals surface area contributed by atoms with Gasteiger partial charge >= 0.3 is 6.03 Å². The van der Waals surface area contributed by atoms with Gasteiger partial charge in [0.25, 0.3) is 0 Å². The number of methoxy groups -OCH3 is 1. The molecule has 0 aliphatic carbocycles. The summed E-state index contributed by atoms with van der Waals surface area (Å²) in [5.41, 5.74) is 1.76. The van der Waals surface area contributed by atoms with Gasteiger partial charge in [-0.25, -0.2) is 4.79 Å². The number of carbonyl (C=O) groups is 1. The van der Waals surface area contributed by atoms with Crippen molar-refractivity contribution in [3.05, 3.63) is 57.7 Å². The monoisotopic (exact) mass is 382 g/mol. The summed E-state index contributed by atoms with van der Waals surface area (Å²) < 4.78 is 6.27. The first-order valence-electron chi connectivity index (χ1n) is 6.11. The molecule has 0 aliphatic heterocycles. The third kappa shape index (κ3) is 4.41. The Morgan fingerprint density at radius 3 is 2.65 bits per heavy atom. The van der Waals surface area contributed by atoms with E-state index in [1.165, 1.54) is 0 Å². The number of amides is 2. The second-order valence-corrected chi connectivity index (χ2v) is 5.41. The minimum Gasteiger partial charge on any atom is -0.497 e. The molecule has 0 spiro atoms. The van der Waals surface area contributed by atoms with Crippen LogP contribution in [0.5, 0.6) is 5.75 Å². The summed E-state index contributed by atoms with van der Waals surface area (Å²) in [5, 5.41) is 5.59. The van der Waals surface area contributed by atoms with E-state index in [4.69, 9.17) is 4.74 Å². The molecule has 2 rings (SSSR count). The minimum atomic E-state index is -0.228.